The van der Waals surface area contributed by atoms with Crippen LogP contribution < -0.4 is 10.9 Å². The molecule has 2 atom stereocenters. The molecule has 0 spiro atoms. The van der Waals surface area contributed by atoms with E-state index in [4.69, 9.17) is 4.74 Å². The van der Waals surface area contributed by atoms with E-state index in [0.717, 1.165) is 24.8 Å². The Labute approximate surface area is 146 Å². The van der Waals surface area contributed by atoms with Crippen LogP contribution in [0.2, 0.25) is 0 Å². The van der Waals surface area contributed by atoms with E-state index < -0.39 is 0 Å². The number of anilines is 1. The monoisotopic (exact) mass is 353 g/mol. The van der Waals surface area contributed by atoms with Gasteiger partial charge in [0.25, 0.3) is 5.56 Å². The van der Waals surface area contributed by atoms with Gasteiger partial charge in [0, 0.05) is 11.9 Å². The van der Waals surface area contributed by atoms with Gasteiger partial charge >= 0.3 is 0 Å². The van der Waals surface area contributed by atoms with Crippen LogP contribution in [0.5, 0.6) is 0 Å². The SMILES string of the molecule is CC(C)C[C@H]1SCC(=O)Nc2c1c(=O)[nH]n2[C@@H]1CCOC(C)(C)C1. The third-order valence-corrected chi connectivity index (χ3v) is 5.94. The summed E-state index contributed by atoms with van der Waals surface area (Å²) < 4.78 is 7.68. The van der Waals surface area contributed by atoms with Crippen LogP contribution in [-0.2, 0) is 9.53 Å². The van der Waals surface area contributed by atoms with E-state index >= 15 is 0 Å². The van der Waals surface area contributed by atoms with E-state index in [0.29, 0.717) is 24.1 Å². The summed E-state index contributed by atoms with van der Waals surface area (Å²) in [4.78, 5) is 24.8. The number of hydrogen-bond donors (Lipinski definition) is 2. The van der Waals surface area contributed by atoms with Gasteiger partial charge in [-0.05, 0) is 39.0 Å². The minimum Gasteiger partial charge on any atom is -0.375 e. The molecule has 0 aliphatic carbocycles. The minimum absolute atomic E-state index is 0.0356. The highest BCUT2D eigenvalue weighted by Gasteiger charge is 2.35. The van der Waals surface area contributed by atoms with Gasteiger partial charge in [0.05, 0.1) is 23.0 Å². The Balaban J connectivity index is 2.01. The molecule has 1 saturated heterocycles. The van der Waals surface area contributed by atoms with Gasteiger partial charge in [-0.2, -0.15) is 0 Å². The van der Waals surface area contributed by atoms with Crippen molar-refractivity contribution < 1.29 is 9.53 Å². The van der Waals surface area contributed by atoms with Crippen molar-refractivity contribution in [2.45, 2.75) is 63.9 Å². The minimum atomic E-state index is -0.224. The molecule has 134 valence electrons. The topological polar surface area (TPSA) is 76.1 Å². The number of carbonyl (C=O) groups excluding carboxylic acids is 1. The fourth-order valence-corrected chi connectivity index (χ4v) is 4.96. The zero-order valence-electron chi connectivity index (χ0n) is 14.8. The average molecular weight is 353 g/mol. The van der Waals surface area contributed by atoms with Crippen LogP contribution in [0, 0.1) is 5.92 Å². The number of rotatable bonds is 3. The largest absolute Gasteiger partial charge is 0.375 e. The maximum atomic E-state index is 12.7. The van der Waals surface area contributed by atoms with Crippen LogP contribution >= 0.6 is 11.8 Å². The molecule has 0 bridgehead atoms. The molecule has 2 N–H and O–H groups in total. The van der Waals surface area contributed by atoms with Gasteiger partial charge in [0.1, 0.15) is 5.82 Å². The molecule has 24 heavy (non-hydrogen) atoms. The lowest BCUT2D eigenvalue weighted by molar-refractivity contribution is -0.113. The second-order valence-corrected chi connectivity index (χ2v) is 9.00. The number of hydrogen-bond acceptors (Lipinski definition) is 4. The van der Waals surface area contributed by atoms with E-state index in [-0.39, 0.29) is 28.4 Å². The van der Waals surface area contributed by atoms with Crippen molar-refractivity contribution >= 4 is 23.5 Å². The summed E-state index contributed by atoms with van der Waals surface area (Å²) in [6, 6.07) is 0.133. The van der Waals surface area contributed by atoms with Gasteiger partial charge in [-0.15, -0.1) is 11.8 Å². The Morgan fingerprint density at radius 3 is 2.79 bits per heavy atom. The molecule has 1 fully saturated rings. The Morgan fingerprint density at radius 2 is 2.12 bits per heavy atom. The van der Waals surface area contributed by atoms with E-state index in [1.165, 1.54) is 0 Å². The van der Waals surface area contributed by atoms with Gasteiger partial charge in [-0.1, -0.05) is 13.8 Å². The molecule has 3 rings (SSSR count). The summed E-state index contributed by atoms with van der Waals surface area (Å²) in [6.07, 6.45) is 2.53. The molecule has 2 aliphatic heterocycles. The predicted molar refractivity (Wildman–Crippen MR) is 96.6 cm³/mol. The number of H-pyrrole nitrogens is 1. The second-order valence-electron chi connectivity index (χ2n) is 7.81. The van der Waals surface area contributed by atoms with Gasteiger partial charge in [0.2, 0.25) is 5.91 Å². The lowest BCUT2D eigenvalue weighted by Gasteiger charge is -2.36. The standard InChI is InChI=1S/C17H27N3O3S/c1-10(2)7-12-14-15(18-13(21)9-24-12)20(19-16(14)22)11-5-6-23-17(3,4)8-11/h10-12H,5-9H2,1-4H3,(H,18,21)(H,19,22)/t11-,12-/m1/s1. The predicted octanol–water partition coefficient (Wildman–Crippen LogP) is 3.08. The molecule has 3 heterocycles. The number of carbonyl (C=O) groups is 1. The Kier molecular flexibility index (Phi) is 4.84. The summed E-state index contributed by atoms with van der Waals surface area (Å²) in [6.45, 7) is 9.08. The number of nitrogens with zero attached hydrogens (tertiary/aromatic N) is 1. The third kappa shape index (κ3) is 3.57. The highest BCUT2D eigenvalue weighted by atomic mass is 32.2. The lowest BCUT2D eigenvalue weighted by Crippen LogP contribution is -2.36. The molecule has 6 nitrogen and oxygen atoms in total. The fraction of sp³-hybridized carbons (Fsp3) is 0.765. The van der Waals surface area contributed by atoms with Gasteiger partial charge in [-0.3, -0.25) is 19.4 Å². The van der Waals surface area contributed by atoms with Crippen molar-refractivity contribution in [3.8, 4) is 0 Å². The number of nitrogens with one attached hydrogen (secondary N) is 2. The first kappa shape index (κ1) is 17.6. The number of thioether (sulfide) groups is 1. The van der Waals surface area contributed by atoms with Crippen LogP contribution in [-0.4, -0.2) is 33.6 Å². The number of aromatic nitrogens is 2. The Morgan fingerprint density at radius 1 is 1.38 bits per heavy atom. The zero-order chi connectivity index (χ0) is 17.5. The van der Waals surface area contributed by atoms with Gasteiger partial charge in [-0.25, -0.2) is 0 Å². The highest BCUT2D eigenvalue weighted by Crippen LogP contribution is 2.41. The van der Waals surface area contributed by atoms with Gasteiger partial charge in [0.15, 0.2) is 0 Å². The first-order valence-electron chi connectivity index (χ1n) is 8.66. The summed E-state index contributed by atoms with van der Waals surface area (Å²) in [5, 5.41) is 6.02. The molecule has 2 aliphatic rings. The highest BCUT2D eigenvalue weighted by molar-refractivity contribution is 8.00. The summed E-state index contributed by atoms with van der Waals surface area (Å²) in [5.41, 5.74) is 0.427. The smallest absolute Gasteiger partial charge is 0.270 e. The number of aromatic amines is 1. The maximum absolute atomic E-state index is 12.7. The van der Waals surface area contributed by atoms with E-state index in [1.54, 1.807) is 11.8 Å². The van der Waals surface area contributed by atoms with Crippen molar-refractivity contribution in [2.24, 2.45) is 5.92 Å². The molecule has 0 saturated carbocycles. The van der Waals surface area contributed by atoms with Crippen molar-refractivity contribution in [3.63, 3.8) is 0 Å². The molecule has 1 aromatic heterocycles. The van der Waals surface area contributed by atoms with E-state index in [1.807, 2.05) is 4.68 Å². The molecular weight excluding hydrogens is 326 g/mol. The zero-order valence-corrected chi connectivity index (χ0v) is 15.7. The molecule has 0 radical (unpaired) electrons. The maximum Gasteiger partial charge on any atom is 0.270 e. The third-order valence-electron chi connectivity index (χ3n) is 4.68. The molecule has 1 amide bonds. The van der Waals surface area contributed by atoms with Crippen molar-refractivity contribution in [2.75, 3.05) is 17.7 Å². The average Bonchev–Trinajstić information content (AvgIpc) is 2.69. The van der Waals surface area contributed by atoms with Crippen molar-refractivity contribution in [1.82, 2.24) is 9.78 Å². The normalized spacial score (nSPS) is 26.8. The van der Waals surface area contributed by atoms with E-state index in [9.17, 15) is 9.59 Å². The first-order valence-corrected chi connectivity index (χ1v) is 9.71. The van der Waals surface area contributed by atoms with Crippen LogP contribution in [0.4, 0.5) is 5.82 Å². The number of amides is 1. The lowest BCUT2D eigenvalue weighted by atomic mass is 9.94. The Bertz CT molecular complexity index is 677. The molecule has 7 heteroatoms. The van der Waals surface area contributed by atoms with Crippen LogP contribution in [0.3, 0.4) is 0 Å². The summed E-state index contributed by atoms with van der Waals surface area (Å²) >= 11 is 1.57. The number of ether oxygens (including phenoxy) is 1. The van der Waals surface area contributed by atoms with Crippen LogP contribution in [0.25, 0.3) is 0 Å². The number of fused-ring (bicyclic) bond motifs is 1. The van der Waals surface area contributed by atoms with Gasteiger partial charge < -0.3 is 10.1 Å². The van der Waals surface area contributed by atoms with Crippen molar-refractivity contribution in [3.05, 3.63) is 15.9 Å². The quantitative estimate of drug-likeness (QED) is 0.875. The van der Waals surface area contributed by atoms with Crippen LogP contribution in [0.1, 0.15) is 63.8 Å². The van der Waals surface area contributed by atoms with Crippen LogP contribution in [0.15, 0.2) is 4.79 Å². The molecule has 0 aromatic carbocycles. The first-order chi connectivity index (χ1) is 11.3. The van der Waals surface area contributed by atoms with Crippen molar-refractivity contribution in [1.29, 1.82) is 0 Å². The summed E-state index contributed by atoms with van der Waals surface area (Å²) in [5.74, 6) is 1.49. The molecule has 0 unspecified atom stereocenters. The molecular formula is C17H27N3O3S. The fourth-order valence-electron chi connectivity index (χ4n) is 3.62. The Hall–Kier alpha value is -1.21. The second kappa shape index (κ2) is 6.59. The molecule has 1 aromatic rings. The summed E-state index contributed by atoms with van der Waals surface area (Å²) in [7, 11) is 0. The van der Waals surface area contributed by atoms with E-state index in [2.05, 4.69) is 38.1 Å².